The van der Waals surface area contributed by atoms with Gasteiger partial charge >= 0.3 is 6.85 Å². The van der Waals surface area contributed by atoms with Gasteiger partial charge in [-0.05, 0) is 103 Å². The third-order valence-corrected chi connectivity index (χ3v) is 13.2. The fourth-order valence-corrected chi connectivity index (χ4v) is 11.1. The molecule has 1 aliphatic carbocycles. The van der Waals surface area contributed by atoms with Gasteiger partial charge in [-0.25, -0.2) is 0 Å². The van der Waals surface area contributed by atoms with Crippen molar-refractivity contribution in [3.8, 4) is 44.5 Å². The number of hydrogen-bond donors (Lipinski definition) is 0. The maximum Gasteiger partial charge on any atom is 0.329 e. The van der Waals surface area contributed by atoms with Crippen LogP contribution < -0.4 is 15.7 Å². The van der Waals surface area contributed by atoms with Crippen molar-refractivity contribution in [2.75, 3.05) is 4.81 Å². The topological polar surface area (TPSA) is 3.24 Å². The van der Waals surface area contributed by atoms with Crippen molar-refractivity contribution in [2.45, 2.75) is 12.3 Å². The average molecular weight is 690 g/mol. The quantitative estimate of drug-likeness (QED) is 0.167. The highest BCUT2D eigenvalue weighted by Gasteiger charge is 2.47. The van der Waals surface area contributed by atoms with Crippen LogP contribution in [0.4, 0.5) is 11.4 Å². The highest BCUT2D eigenvalue weighted by atomic mass is 32.1. The van der Waals surface area contributed by atoms with Crippen LogP contribution in [-0.4, -0.2) is 6.85 Å². The van der Waals surface area contributed by atoms with Gasteiger partial charge in [0.1, 0.15) is 0 Å². The average Bonchev–Trinajstić information content (AvgIpc) is 3.61. The molecule has 1 nitrogen and oxygen atoms in total. The predicted octanol–water partition coefficient (Wildman–Crippen LogP) is 12.0. The van der Waals surface area contributed by atoms with E-state index < -0.39 is 0 Å². The first kappa shape index (κ1) is 29.4. The Kier molecular flexibility index (Phi) is 6.20. The molecule has 0 fully saturated rings. The third kappa shape index (κ3) is 4.20. The van der Waals surface area contributed by atoms with E-state index in [4.69, 9.17) is 0 Å². The normalized spacial score (nSPS) is 14.8. The lowest BCUT2D eigenvalue weighted by Crippen LogP contribution is -2.62. The summed E-state index contributed by atoms with van der Waals surface area (Å²) in [5, 5.41) is 3.96. The first-order valence-electron chi connectivity index (χ1n) is 18.6. The van der Waals surface area contributed by atoms with Gasteiger partial charge < -0.3 is 4.81 Å². The van der Waals surface area contributed by atoms with E-state index in [9.17, 15) is 0 Å². The van der Waals surface area contributed by atoms with Gasteiger partial charge in [-0.3, -0.25) is 0 Å². The summed E-state index contributed by atoms with van der Waals surface area (Å²) in [5.41, 5.74) is 18.9. The molecule has 3 aliphatic rings. The van der Waals surface area contributed by atoms with Gasteiger partial charge in [0.05, 0.1) is 0 Å². The molecule has 53 heavy (non-hydrogen) atoms. The summed E-state index contributed by atoms with van der Waals surface area (Å²) in [4.78, 5) is 4.17. The highest BCUT2D eigenvalue weighted by molar-refractivity contribution is 7.19. The van der Waals surface area contributed by atoms with E-state index in [0.717, 1.165) is 6.42 Å². The smallest absolute Gasteiger partial charge is 0.329 e. The fourth-order valence-electron chi connectivity index (χ4n) is 9.83. The van der Waals surface area contributed by atoms with Crippen LogP contribution in [0, 0.1) is 0 Å². The molecule has 3 heteroatoms. The van der Waals surface area contributed by atoms with Gasteiger partial charge in [0, 0.05) is 43.4 Å². The Morgan fingerprint density at radius 3 is 2.04 bits per heavy atom. The largest absolute Gasteiger partial charge is 0.376 e. The lowest BCUT2D eigenvalue weighted by molar-refractivity contribution is 0.812. The van der Waals surface area contributed by atoms with Crippen molar-refractivity contribution in [2.24, 2.45) is 0 Å². The summed E-state index contributed by atoms with van der Waals surface area (Å²) in [5.74, 6) is 0.272. The summed E-state index contributed by atoms with van der Waals surface area (Å²) in [7, 11) is 0. The van der Waals surface area contributed by atoms with E-state index in [0.29, 0.717) is 0 Å². The number of benzene rings is 8. The minimum Gasteiger partial charge on any atom is -0.376 e. The van der Waals surface area contributed by atoms with Gasteiger partial charge in [-0.1, -0.05) is 146 Å². The number of anilines is 2. The van der Waals surface area contributed by atoms with Crippen molar-refractivity contribution in [3.05, 3.63) is 192 Å². The van der Waals surface area contributed by atoms with Crippen LogP contribution in [0.25, 0.3) is 65.4 Å². The van der Waals surface area contributed by atoms with E-state index in [2.05, 4.69) is 181 Å². The van der Waals surface area contributed by atoms with E-state index in [1.165, 1.54) is 104 Å². The molecule has 12 rings (SSSR count). The highest BCUT2D eigenvalue weighted by Crippen LogP contribution is 2.53. The monoisotopic (exact) mass is 689 g/mol. The zero-order valence-electron chi connectivity index (χ0n) is 29.0. The van der Waals surface area contributed by atoms with Crippen LogP contribution in [0.2, 0.25) is 0 Å². The van der Waals surface area contributed by atoms with Crippen LogP contribution in [0.15, 0.2) is 176 Å². The summed E-state index contributed by atoms with van der Waals surface area (Å²) in [6.45, 7) is 0.0266. The van der Waals surface area contributed by atoms with Gasteiger partial charge in [0.15, 0.2) is 0 Å². The lowest BCUT2D eigenvalue weighted by Gasteiger charge is -2.46. The van der Waals surface area contributed by atoms with Crippen molar-refractivity contribution in [3.63, 3.8) is 0 Å². The SMILES string of the molecule is c1ccc(-c2ccc(N3B4c5cccc6c5C(Cc5sc7ccccc7c5-6)c5cc(-c6ccccc6)cc(c54)-c4c3ccc3ccccc43)cc2)cc1. The summed E-state index contributed by atoms with van der Waals surface area (Å²) < 4.78 is 1.38. The summed E-state index contributed by atoms with van der Waals surface area (Å²) in [6.07, 6.45) is 1.02. The number of thiophene rings is 1. The van der Waals surface area contributed by atoms with Crippen molar-refractivity contribution in [1.29, 1.82) is 0 Å². The second kappa shape index (κ2) is 11.2. The number of nitrogens with zero attached hydrogens (tertiary/aromatic N) is 1. The second-order valence-corrected chi connectivity index (χ2v) is 15.9. The number of rotatable bonds is 3. The molecular formula is C50H32BNS. The third-order valence-electron chi connectivity index (χ3n) is 12.0. The Morgan fingerprint density at radius 1 is 0.528 bits per heavy atom. The molecule has 9 aromatic rings. The molecule has 0 radical (unpaired) electrons. The summed E-state index contributed by atoms with van der Waals surface area (Å²) in [6, 6.07) is 65.9. The molecule has 1 aromatic heterocycles. The van der Waals surface area contributed by atoms with Crippen LogP contribution >= 0.6 is 11.3 Å². The van der Waals surface area contributed by atoms with E-state index in [-0.39, 0.29) is 12.8 Å². The minimum atomic E-state index is 0.0266. The molecule has 0 amide bonds. The molecule has 1 unspecified atom stereocenters. The molecule has 2 aliphatic heterocycles. The first-order valence-corrected chi connectivity index (χ1v) is 19.5. The van der Waals surface area contributed by atoms with Crippen LogP contribution in [0.5, 0.6) is 0 Å². The van der Waals surface area contributed by atoms with Crippen LogP contribution in [-0.2, 0) is 6.42 Å². The van der Waals surface area contributed by atoms with Crippen molar-refractivity contribution < 1.29 is 0 Å². The second-order valence-electron chi connectivity index (χ2n) is 14.7. The van der Waals surface area contributed by atoms with Crippen molar-refractivity contribution >= 4 is 61.3 Å². The van der Waals surface area contributed by atoms with Gasteiger partial charge in [-0.15, -0.1) is 11.3 Å². The molecule has 3 heterocycles. The number of fused-ring (bicyclic) bond motifs is 10. The van der Waals surface area contributed by atoms with E-state index in [1.807, 2.05) is 11.3 Å². The zero-order chi connectivity index (χ0) is 34.6. The van der Waals surface area contributed by atoms with Crippen molar-refractivity contribution in [1.82, 2.24) is 0 Å². The molecular weight excluding hydrogens is 657 g/mol. The molecule has 0 N–H and O–H groups in total. The molecule has 0 saturated heterocycles. The van der Waals surface area contributed by atoms with E-state index >= 15 is 0 Å². The Labute approximate surface area is 313 Å². The zero-order valence-corrected chi connectivity index (χ0v) is 29.8. The Bertz CT molecular complexity index is 2930. The molecule has 8 aromatic carbocycles. The van der Waals surface area contributed by atoms with Gasteiger partial charge in [0.2, 0.25) is 0 Å². The van der Waals surface area contributed by atoms with Crippen LogP contribution in [0.3, 0.4) is 0 Å². The number of hydrogen-bond acceptors (Lipinski definition) is 2. The van der Waals surface area contributed by atoms with Gasteiger partial charge in [-0.2, -0.15) is 0 Å². The Morgan fingerprint density at radius 2 is 1.23 bits per heavy atom. The molecule has 0 saturated carbocycles. The maximum atomic E-state index is 2.66. The molecule has 246 valence electrons. The van der Waals surface area contributed by atoms with E-state index in [1.54, 1.807) is 0 Å². The fraction of sp³-hybridized carbons (Fsp3) is 0.0400. The Balaban J connectivity index is 1.19. The first-order chi connectivity index (χ1) is 26.3. The molecule has 0 bridgehead atoms. The summed E-state index contributed by atoms with van der Waals surface area (Å²) >= 11 is 1.99. The Hall–Kier alpha value is -6.16. The minimum absolute atomic E-state index is 0.0266. The maximum absolute atomic E-state index is 2.66. The molecule has 0 spiro atoms. The molecule has 1 atom stereocenters. The predicted molar refractivity (Wildman–Crippen MR) is 227 cm³/mol. The van der Waals surface area contributed by atoms with Gasteiger partial charge in [0.25, 0.3) is 0 Å². The standard InChI is InChI=1S/C50H32BNS/c1-3-12-31(13-4-1)33-22-25-36(26-23-33)52-44-27-24-34-16-7-8-17-37(34)48(44)42-29-35(32-14-5-2-6-15-32)28-41-40-30-46-49(38-18-9-10-21-45(38)53-46)39-19-11-20-43(47(39)40)51(52)50(41)42/h1-29,40H,30H2. The lowest BCUT2D eigenvalue weighted by atomic mass is 9.39. The van der Waals surface area contributed by atoms with Crippen LogP contribution in [0.1, 0.15) is 21.9 Å².